The van der Waals surface area contributed by atoms with E-state index in [1.807, 2.05) is 13.0 Å². The monoisotopic (exact) mass is 639 g/mol. The second kappa shape index (κ2) is 11.5. The van der Waals surface area contributed by atoms with Gasteiger partial charge in [-0.05, 0) is 74.1 Å². The third-order valence-corrected chi connectivity index (χ3v) is 10.1. The highest BCUT2D eigenvalue weighted by atomic mass is 35.5. The van der Waals surface area contributed by atoms with Gasteiger partial charge in [0.05, 0.1) is 12.3 Å². The van der Waals surface area contributed by atoms with Crippen LogP contribution >= 0.6 is 23.2 Å². The average Bonchev–Trinajstić information content (AvgIpc) is 3.49. The fourth-order valence-corrected chi connectivity index (χ4v) is 7.38. The van der Waals surface area contributed by atoms with E-state index < -0.39 is 23.1 Å². The van der Waals surface area contributed by atoms with Gasteiger partial charge in [0.1, 0.15) is 5.66 Å². The molecule has 9 heteroatoms. The van der Waals surface area contributed by atoms with Gasteiger partial charge in [0, 0.05) is 46.7 Å². The molecule has 1 aromatic rings. The maximum absolute atomic E-state index is 13.6. The lowest BCUT2D eigenvalue weighted by atomic mass is 9.82. The molecule has 2 spiro atoms. The van der Waals surface area contributed by atoms with Crippen LogP contribution in [0.25, 0.3) is 0 Å². The molecule has 1 aliphatic carbocycles. The molecule has 3 unspecified atom stereocenters. The molecule has 0 saturated carbocycles. The molecule has 3 atom stereocenters. The summed E-state index contributed by atoms with van der Waals surface area (Å²) in [4.78, 5) is 10.5. The van der Waals surface area contributed by atoms with Gasteiger partial charge in [-0.15, -0.1) is 0 Å². The van der Waals surface area contributed by atoms with Crippen LogP contribution in [0.2, 0.25) is 10.0 Å². The van der Waals surface area contributed by atoms with E-state index in [0.29, 0.717) is 23.1 Å². The summed E-state index contributed by atoms with van der Waals surface area (Å²) in [6.07, 6.45) is 2.68. The zero-order chi connectivity index (χ0) is 31.6. The molecular formula is C34H46Cl2F3N3O. The van der Waals surface area contributed by atoms with Crippen LogP contribution in [0.1, 0.15) is 91.2 Å². The zero-order valence-corrected chi connectivity index (χ0v) is 28.1. The third-order valence-electron chi connectivity index (χ3n) is 9.45. The second-order valence-corrected chi connectivity index (χ2v) is 16.2. The third kappa shape index (κ3) is 6.91. The number of aliphatic imine (C=N–C) groups is 1. The van der Waals surface area contributed by atoms with Gasteiger partial charge in [-0.3, -0.25) is 9.89 Å². The van der Waals surface area contributed by atoms with Crippen molar-refractivity contribution in [3.8, 4) is 0 Å². The van der Waals surface area contributed by atoms with E-state index in [9.17, 15) is 13.2 Å². The molecule has 0 aromatic heterocycles. The van der Waals surface area contributed by atoms with Gasteiger partial charge in [-0.1, -0.05) is 82.5 Å². The fraction of sp³-hybridized carbons (Fsp3) is 0.676. The number of ether oxygens (including phenoxy) is 1. The maximum Gasteiger partial charge on any atom is 0.412 e. The molecule has 0 amide bonds. The van der Waals surface area contributed by atoms with Gasteiger partial charge in [0.25, 0.3) is 0 Å². The molecule has 4 aliphatic rings. The lowest BCUT2D eigenvalue weighted by Crippen LogP contribution is -2.58. The van der Waals surface area contributed by atoms with Gasteiger partial charge in [0.15, 0.2) is 5.72 Å². The van der Waals surface area contributed by atoms with Crippen molar-refractivity contribution in [1.29, 1.82) is 0 Å². The Morgan fingerprint density at radius 3 is 2.23 bits per heavy atom. The van der Waals surface area contributed by atoms with E-state index in [1.54, 1.807) is 12.1 Å². The minimum absolute atomic E-state index is 0.00944. The van der Waals surface area contributed by atoms with E-state index in [1.165, 1.54) is 6.08 Å². The molecule has 3 aliphatic heterocycles. The Hall–Kier alpha value is -1.38. The van der Waals surface area contributed by atoms with Crippen LogP contribution in [-0.2, 0) is 4.74 Å². The number of benzene rings is 1. The second-order valence-electron chi connectivity index (χ2n) is 15.3. The first-order valence-electron chi connectivity index (χ1n) is 15.5. The standard InChI is InChI=1S/C34H46Cl2F3N3O/c1-22-26(18-25(35)19-27(22)36)29-33(21-43-33)42(32(40-29)15-17-41(20-32)16-14-31(5,6)7)28(12-13-30(2,3)4)23-8-10-24(11-9-23)34(37,38)39/h8,10,18-19,28H,9,11-17,20-21H2,1-7H3. The van der Waals surface area contributed by atoms with E-state index in [0.717, 1.165) is 67.7 Å². The fourth-order valence-electron chi connectivity index (χ4n) is 6.89. The Kier molecular flexibility index (Phi) is 8.79. The highest BCUT2D eigenvalue weighted by molar-refractivity contribution is 6.36. The van der Waals surface area contributed by atoms with Crippen molar-refractivity contribution < 1.29 is 17.9 Å². The normalized spacial score (nSPS) is 27.6. The maximum atomic E-state index is 13.6. The van der Waals surface area contributed by atoms with E-state index >= 15 is 0 Å². The summed E-state index contributed by atoms with van der Waals surface area (Å²) in [6, 6.07) is 3.56. The predicted molar refractivity (Wildman–Crippen MR) is 170 cm³/mol. The van der Waals surface area contributed by atoms with Crippen molar-refractivity contribution in [2.24, 2.45) is 15.8 Å². The summed E-state index contributed by atoms with van der Waals surface area (Å²) in [7, 11) is 0. The number of nitrogens with zero attached hydrogens (tertiary/aromatic N) is 3. The summed E-state index contributed by atoms with van der Waals surface area (Å²) >= 11 is 13.2. The van der Waals surface area contributed by atoms with Crippen LogP contribution in [0.3, 0.4) is 0 Å². The van der Waals surface area contributed by atoms with Crippen LogP contribution in [0.15, 0.2) is 40.4 Å². The first kappa shape index (κ1) is 33.0. The molecule has 0 bridgehead atoms. The number of allylic oxidation sites excluding steroid dienone is 3. The lowest BCUT2D eigenvalue weighted by Gasteiger charge is -2.44. The number of hydrogen-bond donors (Lipinski definition) is 0. The minimum Gasteiger partial charge on any atom is -0.347 e. The molecule has 4 nitrogen and oxygen atoms in total. The Bertz CT molecular complexity index is 1330. The first-order valence-corrected chi connectivity index (χ1v) is 16.3. The summed E-state index contributed by atoms with van der Waals surface area (Å²) in [6.45, 7) is 18.5. The number of hydrogen-bond acceptors (Lipinski definition) is 4. The van der Waals surface area contributed by atoms with Crippen LogP contribution in [-0.4, -0.2) is 65.4 Å². The van der Waals surface area contributed by atoms with Crippen LogP contribution in [0.5, 0.6) is 0 Å². The highest BCUT2D eigenvalue weighted by Crippen LogP contribution is 2.54. The summed E-state index contributed by atoms with van der Waals surface area (Å²) in [5.41, 5.74) is 2.12. The largest absolute Gasteiger partial charge is 0.412 e. The Balaban J connectivity index is 1.61. The molecule has 1 aromatic carbocycles. The highest BCUT2D eigenvalue weighted by Gasteiger charge is 2.69. The molecule has 2 saturated heterocycles. The van der Waals surface area contributed by atoms with Crippen molar-refractivity contribution in [1.82, 2.24) is 9.80 Å². The molecule has 0 N–H and O–H groups in total. The summed E-state index contributed by atoms with van der Waals surface area (Å²) in [5, 5.41) is 1.12. The van der Waals surface area contributed by atoms with Crippen molar-refractivity contribution in [3.05, 3.63) is 56.6 Å². The topological polar surface area (TPSA) is 31.4 Å². The predicted octanol–water partition coefficient (Wildman–Crippen LogP) is 9.38. The average molecular weight is 641 g/mol. The smallest absolute Gasteiger partial charge is 0.347 e. The molecule has 2 fully saturated rings. The number of epoxide rings is 1. The quantitative estimate of drug-likeness (QED) is 0.279. The zero-order valence-electron chi connectivity index (χ0n) is 26.6. The van der Waals surface area contributed by atoms with Gasteiger partial charge in [-0.2, -0.15) is 13.2 Å². The molecule has 238 valence electrons. The minimum atomic E-state index is -4.31. The molecule has 0 radical (unpaired) electrons. The van der Waals surface area contributed by atoms with Gasteiger partial charge in [-0.25, -0.2) is 4.90 Å². The van der Waals surface area contributed by atoms with E-state index in [2.05, 4.69) is 51.3 Å². The Morgan fingerprint density at radius 1 is 1.00 bits per heavy atom. The molecule has 5 rings (SSSR count). The van der Waals surface area contributed by atoms with Crippen LogP contribution in [0, 0.1) is 17.8 Å². The summed E-state index contributed by atoms with van der Waals surface area (Å²) < 4.78 is 47.3. The van der Waals surface area contributed by atoms with Crippen molar-refractivity contribution in [3.63, 3.8) is 0 Å². The lowest BCUT2D eigenvalue weighted by molar-refractivity contribution is -0.0943. The first-order chi connectivity index (χ1) is 19.8. The van der Waals surface area contributed by atoms with Gasteiger partial charge < -0.3 is 4.74 Å². The molecular weight excluding hydrogens is 594 g/mol. The molecule has 43 heavy (non-hydrogen) atoms. The number of likely N-dealkylation sites (tertiary alicyclic amines) is 1. The van der Waals surface area contributed by atoms with Crippen molar-refractivity contribution in [2.75, 3.05) is 26.2 Å². The van der Waals surface area contributed by atoms with Crippen molar-refractivity contribution in [2.45, 2.75) is 111 Å². The summed E-state index contributed by atoms with van der Waals surface area (Å²) in [5.74, 6) is 0. The van der Waals surface area contributed by atoms with Crippen LogP contribution < -0.4 is 0 Å². The van der Waals surface area contributed by atoms with E-state index in [4.69, 9.17) is 32.9 Å². The molecule has 3 heterocycles. The SMILES string of the molecule is Cc1c(Cl)cc(Cl)cc1C1=NC2(CCN(CCC(C)(C)C)C2)N(C(CCC(C)(C)C)C2=CC=C(C(F)(F)F)CC2)C12CO2. The van der Waals surface area contributed by atoms with Gasteiger partial charge >= 0.3 is 6.18 Å². The Morgan fingerprint density at radius 2 is 1.67 bits per heavy atom. The van der Waals surface area contributed by atoms with Crippen LogP contribution in [0.4, 0.5) is 13.2 Å². The number of rotatable bonds is 7. The number of alkyl halides is 3. The number of halogens is 5. The van der Waals surface area contributed by atoms with E-state index in [-0.39, 0.29) is 23.3 Å². The van der Waals surface area contributed by atoms with Crippen molar-refractivity contribution >= 4 is 28.9 Å². The Labute approximate surface area is 265 Å². The van der Waals surface area contributed by atoms with Gasteiger partial charge in [0.2, 0.25) is 0 Å².